The summed E-state index contributed by atoms with van der Waals surface area (Å²) >= 11 is 0. The standard InChI is InChI=1S/C20H20F2N2O4/c1-12(25)23-17(10-13-4-2-6-15(21)8-13)19(26)24-18(20(27)28)11-14-5-3-7-16(22)9-14/h2-9,17-18H,10-11H2,1H3,(H,23,25)(H,24,26)(H,27,28)/t17-,18-/m1/s1. The Balaban J connectivity index is 2.14. The van der Waals surface area contributed by atoms with Gasteiger partial charge in [0.05, 0.1) is 0 Å². The summed E-state index contributed by atoms with van der Waals surface area (Å²) in [7, 11) is 0. The number of carboxylic acids is 1. The van der Waals surface area contributed by atoms with Crippen LogP contribution in [0.3, 0.4) is 0 Å². The van der Waals surface area contributed by atoms with E-state index in [4.69, 9.17) is 0 Å². The van der Waals surface area contributed by atoms with E-state index in [1.807, 2.05) is 0 Å². The van der Waals surface area contributed by atoms with Crippen LogP contribution in [-0.4, -0.2) is 35.0 Å². The number of nitrogens with one attached hydrogen (secondary N) is 2. The second kappa shape index (κ2) is 9.59. The van der Waals surface area contributed by atoms with Crippen molar-refractivity contribution in [1.29, 1.82) is 0 Å². The highest BCUT2D eigenvalue weighted by Gasteiger charge is 2.26. The molecule has 2 rings (SSSR count). The maximum atomic E-state index is 13.4. The number of rotatable bonds is 8. The number of amides is 2. The zero-order valence-corrected chi connectivity index (χ0v) is 15.1. The molecule has 28 heavy (non-hydrogen) atoms. The van der Waals surface area contributed by atoms with Crippen molar-refractivity contribution >= 4 is 17.8 Å². The third-order valence-electron chi connectivity index (χ3n) is 3.97. The predicted molar refractivity (Wildman–Crippen MR) is 97.4 cm³/mol. The normalized spacial score (nSPS) is 12.7. The van der Waals surface area contributed by atoms with Crippen LogP contribution in [0, 0.1) is 11.6 Å². The summed E-state index contributed by atoms with van der Waals surface area (Å²) in [4.78, 5) is 35.6. The second-order valence-corrected chi connectivity index (χ2v) is 6.32. The Morgan fingerprint density at radius 2 is 1.39 bits per heavy atom. The zero-order valence-electron chi connectivity index (χ0n) is 15.1. The van der Waals surface area contributed by atoms with Crippen molar-refractivity contribution in [2.45, 2.75) is 31.8 Å². The molecule has 0 aliphatic heterocycles. The van der Waals surface area contributed by atoms with Crippen LogP contribution in [-0.2, 0) is 27.2 Å². The van der Waals surface area contributed by atoms with E-state index in [0.29, 0.717) is 11.1 Å². The zero-order chi connectivity index (χ0) is 20.7. The van der Waals surface area contributed by atoms with Gasteiger partial charge in [0.25, 0.3) is 0 Å². The smallest absolute Gasteiger partial charge is 0.326 e. The second-order valence-electron chi connectivity index (χ2n) is 6.32. The number of carboxylic acid groups (broad SMARTS) is 1. The highest BCUT2D eigenvalue weighted by Crippen LogP contribution is 2.09. The van der Waals surface area contributed by atoms with E-state index in [2.05, 4.69) is 10.6 Å². The summed E-state index contributed by atoms with van der Waals surface area (Å²) in [5.74, 6) is -3.54. The molecule has 0 bridgehead atoms. The molecule has 0 aliphatic rings. The lowest BCUT2D eigenvalue weighted by Gasteiger charge is -2.21. The van der Waals surface area contributed by atoms with E-state index in [1.54, 1.807) is 12.1 Å². The van der Waals surface area contributed by atoms with Crippen molar-refractivity contribution < 1.29 is 28.3 Å². The molecule has 2 amide bonds. The summed E-state index contributed by atoms with van der Waals surface area (Å²) in [5, 5.41) is 14.2. The first kappa shape index (κ1) is 21.0. The van der Waals surface area contributed by atoms with Crippen LogP contribution in [0.15, 0.2) is 48.5 Å². The highest BCUT2D eigenvalue weighted by atomic mass is 19.1. The van der Waals surface area contributed by atoms with Crippen LogP contribution in [0.4, 0.5) is 8.78 Å². The minimum Gasteiger partial charge on any atom is -0.480 e. The molecule has 2 aromatic rings. The number of halogens is 2. The molecule has 0 heterocycles. The molecule has 0 aromatic heterocycles. The Morgan fingerprint density at radius 1 is 0.893 bits per heavy atom. The van der Waals surface area contributed by atoms with E-state index in [0.717, 1.165) is 0 Å². The third-order valence-corrected chi connectivity index (χ3v) is 3.97. The lowest BCUT2D eigenvalue weighted by molar-refractivity contribution is -0.142. The van der Waals surface area contributed by atoms with E-state index in [9.17, 15) is 28.3 Å². The minimum atomic E-state index is -1.32. The quantitative estimate of drug-likeness (QED) is 0.641. The lowest BCUT2D eigenvalue weighted by atomic mass is 10.0. The van der Waals surface area contributed by atoms with Crippen molar-refractivity contribution in [3.8, 4) is 0 Å². The summed E-state index contributed by atoms with van der Waals surface area (Å²) in [6.45, 7) is 1.22. The van der Waals surface area contributed by atoms with Crippen molar-refractivity contribution in [3.05, 3.63) is 71.3 Å². The third kappa shape index (κ3) is 6.46. The van der Waals surface area contributed by atoms with Crippen LogP contribution < -0.4 is 10.6 Å². The molecule has 0 fully saturated rings. The molecule has 0 saturated carbocycles. The summed E-state index contributed by atoms with van der Waals surface area (Å²) in [5.41, 5.74) is 0.861. The molecule has 3 N–H and O–H groups in total. The maximum absolute atomic E-state index is 13.4. The van der Waals surface area contributed by atoms with Gasteiger partial charge in [-0.05, 0) is 35.4 Å². The molecule has 8 heteroatoms. The highest BCUT2D eigenvalue weighted by molar-refractivity contribution is 5.90. The molecule has 0 spiro atoms. The van der Waals surface area contributed by atoms with Crippen molar-refractivity contribution in [1.82, 2.24) is 10.6 Å². The Labute approximate surface area is 160 Å². The molecule has 0 radical (unpaired) electrons. The number of hydrogen-bond donors (Lipinski definition) is 3. The van der Waals surface area contributed by atoms with Crippen LogP contribution >= 0.6 is 0 Å². The SMILES string of the molecule is CC(=O)N[C@H](Cc1cccc(F)c1)C(=O)N[C@H](Cc1cccc(F)c1)C(=O)O. The summed E-state index contributed by atoms with van der Waals surface area (Å²) < 4.78 is 26.7. The average molecular weight is 390 g/mol. The molecule has 2 aromatic carbocycles. The monoisotopic (exact) mass is 390 g/mol. The van der Waals surface area contributed by atoms with Gasteiger partial charge < -0.3 is 15.7 Å². The Hall–Kier alpha value is -3.29. The first-order chi connectivity index (χ1) is 13.2. The fourth-order valence-electron chi connectivity index (χ4n) is 2.73. The van der Waals surface area contributed by atoms with Crippen LogP contribution in [0.2, 0.25) is 0 Å². The van der Waals surface area contributed by atoms with Gasteiger partial charge in [0, 0.05) is 19.8 Å². The van der Waals surface area contributed by atoms with E-state index in [1.165, 1.54) is 43.3 Å². The maximum Gasteiger partial charge on any atom is 0.326 e. The Bertz CT molecular complexity index is 873. The van der Waals surface area contributed by atoms with E-state index in [-0.39, 0.29) is 12.8 Å². The Kier molecular flexibility index (Phi) is 7.20. The van der Waals surface area contributed by atoms with E-state index < -0.39 is 41.5 Å². The van der Waals surface area contributed by atoms with Crippen LogP contribution in [0.5, 0.6) is 0 Å². The van der Waals surface area contributed by atoms with Gasteiger partial charge in [-0.25, -0.2) is 13.6 Å². The molecule has 2 atom stereocenters. The van der Waals surface area contributed by atoms with Gasteiger partial charge in [0.15, 0.2) is 0 Å². The molecule has 148 valence electrons. The molecule has 0 aliphatic carbocycles. The van der Waals surface area contributed by atoms with Gasteiger partial charge in [0.1, 0.15) is 23.7 Å². The van der Waals surface area contributed by atoms with Gasteiger partial charge in [-0.15, -0.1) is 0 Å². The number of hydrogen-bond acceptors (Lipinski definition) is 3. The van der Waals surface area contributed by atoms with Crippen molar-refractivity contribution in [2.75, 3.05) is 0 Å². The molecule has 6 nitrogen and oxygen atoms in total. The fraction of sp³-hybridized carbons (Fsp3) is 0.250. The molecular weight excluding hydrogens is 370 g/mol. The lowest BCUT2D eigenvalue weighted by Crippen LogP contribution is -2.52. The summed E-state index contributed by atoms with van der Waals surface area (Å²) in [6.07, 6.45) is -0.152. The van der Waals surface area contributed by atoms with Crippen LogP contribution in [0.25, 0.3) is 0 Å². The largest absolute Gasteiger partial charge is 0.480 e. The van der Waals surface area contributed by atoms with Crippen molar-refractivity contribution in [3.63, 3.8) is 0 Å². The van der Waals surface area contributed by atoms with E-state index >= 15 is 0 Å². The fourth-order valence-corrected chi connectivity index (χ4v) is 2.73. The first-order valence-electron chi connectivity index (χ1n) is 8.53. The van der Waals surface area contributed by atoms with Gasteiger partial charge >= 0.3 is 5.97 Å². The molecule has 0 unspecified atom stereocenters. The van der Waals surface area contributed by atoms with Gasteiger partial charge in [-0.1, -0.05) is 24.3 Å². The van der Waals surface area contributed by atoms with Gasteiger partial charge in [-0.3, -0.25) is 9.59 Å². The minimum absolute atomic E-state index is 0.0184. The topological polar surface area (TPSA) is 95.5 Å². The van der Waals surface area contributed by atoms with Crippen LogP contribution in [0.1, 0.15) is 18.1 Å². The number of aliphatic carboxylic acids is 1. The Morgan fingerprint density at radius 3 is 1.82 bits per heavy atom. The predicted octanol–water partition coefficient (Wildman–Crippen LogP) is 1.82. The molecule has 0 saturated heterocycles. The number of carbonyl (C=O) groups is 3. The first-order valence-corrected chi connectivity index (χ1v) is 8.53. The average Bonchev–Trinajstić information content (AvgIpc) is 2.60. The summed E-state index contributed by atoms with van der Waals surface area (Å²) in [6, 6.07) is 8.51. The molecular formula is C20H20F2N2O4. The van der Waals surface area contributed by atoms with Gasteiger partial charge in [-0.2, -0.15) is 0 Å². The number of carbonyl (C=O) groups excluding carboxylic acids is 2. The number of benzene rings is 2. The van der Waals surface area contributed by atoms with Gasteiger partial charge in [0.2, 0.25) is 11.8 Å². The van der Waals surface area contributed by atoms with Crippen molar-refractivity contribution in [2.24, 2.45) is 0 Å².